The van der Waals surface area contributed by atoms with Gasteiger partial charge in [0.15, 0.2) is 0 Å². The highest BCUT2D eigenvalue weighted by molar-refractivity contribution is 9.10. The van der Waals surface area contributed by atoms with Gasteiger partial charge in [0.05, 0.1) is 5.54 Å². The largest absolute Gasteiger partial charge is 0.374 e. The second-order valence-corrected chi connectivity index (χ2v) is 6.96. The lowest BCUT2D eigenvalue weighted by Gasteiger charge is -2.23. The average molecular weight is 364 g/mol. The summed E-state index contributed by atoms with van der Waals surface area (Å²) in [5.41, 5.74) is 3.88. The lowest BCUT2D eigenvalue weighted by atomic mass is 9.98. The standard InChI is InChI=1S/C21H18BrN/c22-19-13-7-8-14-20(19)23-21(17-11-5-2-6-12-17)15-18(21)16-9-3-1-4-10-16/h1-14,18,23H,15H2. The molecular weight excluding hydrogens is 346 g/mol. The van der Waals surface area contributed by atoms with E-state index in [9.17, 15) is 0 Å². The van der Waals surface area contributed by atoms with Gasteiger partial charge < -0.3 is 5.32 Å². The minimum absolute atomic E-state index is 0.0213. The molecule has 2 atom stereocenters. The Morgan fingerprint density at radius 3 is 2.09 bits per heavy atom. The van der Waals surface area contributed by atoms with Crippen molar-refractivity contribution in [3.05, 3.63) is 101 Å². The van der Waals surface area contributed by atoms with Gasteiger partial charge in [0.1, 0.15) is 0 Å². The third kappa shape index (κ3) is 2.68. The minimum atomic E-state index is -0.0213. The van der Waals surface area contributed by atoms with Crippen molar-refractivity contribution in [1.82, 2.24) is 0 Å². The molecule has 0 radical (unpaired) electrons. The van der Waals surface area contributed by atoms with Gasteiger partial charge in [-0.25, -0.2) is 0 Å². The molecule has 0 bridgehead atoms. The maximum Gasteiger partial charge on any atom is 0.0701 e. The van der Waals surface area contributed by atoms with E-state index in [-0.39, 0.29) is 5.54 Å². The second kappa shape index (κ2) is 5.86. The first-order valence-corrected chi connectivity index (χ1v) is 8.72. The van der Waals surface area contributed by atoms with Gasteiger partial charge in [-0.05, 0) is 45.6 Å². The Balaban J connectivity index is 1.74. The van der Waals surface area contributed by atoms with Crippen molar-refractivity contribution in [2.45, 2.75) is 17.9 Å². The summed E-state index contributed by atoms with van der Waals surface area (Å²) in [6.07, 6.45) is 1.11. The normalized spacial score (nSPS) is 22.6. The van der Waals surface area contributed by atoms with E-state index in [2.05, 4.69) is 100 Å². The monoisotopic (exact) mass is 363 g/mol. The number of benzene rings is 3. The van der Waals surface area contributed by atoms with Gasteiger partial charge in [-0.15, -0.1) is 0 Å². The molecule has 3 aromatic rings. The minimum Gasteiger partial charge on any atom is -0.374 e. The van der Waals surface area contributed by atoms with E-state index in [0.29, 0.717) is 5.92 Å². The van der Waals surface area contributed by atoms with Gasteiger partial charge in [-0.3, -0.25) is 0 Å². The number of halogens is 1. The molecule has 2 unspecified atom stereocenters. The predicted octanol–water partition coefficient (Wildman–Crippen LogP) is 5.94. The number of anilines is 1. The van der Waals surface area contributed by atoms with E-state index in [4.69, 9.17) is 0 Å². The van der Waals surface area contributed by atoms with Crippen LogP contribution < -0.4 is 5.32 Å². The first-order chi connectivity index (χ1) is 11.3. The maximum absolute atomic E-state index is 3.82. The quantitative estimate of drug-likeness (QED) is 0.604. The zero-order valence-corrected chi connectivity index (χ0v) is 14.3. The smallest absolute Gasteiger partial charge is 0.0701 e. The summed E-state index contributed by atoms with van der Waals surface area (Å²) in [5, 5.41) is 3.82. The van der Waals surface area contributed by atoms with Crippen LogP contribution in [0.4, 0.5) is 5.69 Å². The summed E-state index contributed by atoms with van der Waals surface area (Å²) in [5.74, 6) is 0.498. The summed E-state index contributed by atoms with van der Waals surface area (Å²) >= 11 is 3.66. The molecule has 23 heavy (non-hydrogen) atoms. The Hall–Kier alpha value is -2.06. The molecule has 1 saturated carbocycles. The lowest BCUT2D eigenvalue weighted by Crippen LogP contribution is -2.21. The van der Waals surface area contributed by atoms with E-state index in [1.165, 1.54) is 11.1 Å². The number of nitrogens with one attached hydrogen (secondary N) is 1. The fourth-order valence-corrected chi connectivity index (χ4v) is 3.80. The SMILES string of the molecule is Brc1ccccc1NC1(c2ccccc2)CC1c1ccccc1. The Labute approximate surface area is 145 Å². The van der Waals surface area contributed by atoms with Crippen molar-refractivity contribution in [2.75, 3.05) is 5.32 Å². The van der Waals surface area contributed by atoms with Crippen LogP contribution in [0.25, 0.3) is 0 Å². The summed E-state index contributed by atoms with van der Waals surface area (Å²) in [7, 11) is 0. The highest BCUT2D eigenvalue weighted by Gasteiger charge is 2.56. The summed E-state index contributed by atoms with van der Waals surface area (Å²) < 4.78 is 1.11. The molecule has 0 spiro atoms. The van der Waals surface area contributed by atoms with Crippen LogP contribution in [0, 0.1) is 0 Å². The molecule has 1 aliphatic rings. The topological polar surface area (TPSA) is 12.0 Å². The van der Waals surface area contributed by atoms with Crippen LogP contribution in [-0.2, 0) is 5.54 Å². The summed E-state index contributed by atoms with van der Waals surface area (Å²) in [6.45, 7) is 0. The van der Waals surface area contributed by atoms with Gasteiger partial charge in [0.25, 0.3) is 0 Å². The third-order valence-corrected chi connectivity index (χ3v) is 5.37. The maximum atomic E-state index is 3.82. The summed E-state index contributed by atoms with van der Waals surface area (Å²) in [6, 6.07) is 29.9. The Morgan fingerprint density at radius 2 is 1.39 bits per heavy atom. The fraction of sp³-hybridized carbons (Fsp3) is 0.143. The van der Waals surface area contributed by atoms with Crippen LogP contribution in [0.15, 0.2) is 89.4 Å². The van der Waals surface area contributed by atoms with Crippen LogP contribution in [-0.4, -0.2) is 0 Å². The van der Waals surface area contributed by atoms with Crippen molar-refractivity contribution < 1.29 is 0 Å². The highest BCUT2D eigenvalue weighted by Crippen LogP contribution is 2.60. The number of hydrogen-bond donors (Lipinski definition) is 1. The molecular formula is C21H18BrN. The van der Waals surface area contributed by atoms with Gasteiger partial charge in [0.2, 0.25) is 0 Å². The molecule has 4 rings (SSSR count). The van der Waals surface area contributed by atoms with Gasteiger partial charge in [-0.1, -0.05) is 72.8 Å². The van der Waals surface area contributed by atoms with Crippen LogP contribution in [0.5, 0.6) is 0 Å². The van der Waals surface area contributed by atoms with E-state index in [0.717, 1.165) is 16.6 Å². The molecule has 2 heteroatoms. The zero-order chi connectivity index (χ0) is 15.7. The molecule has 114 valence electrons. The third-order valence-electron chi connectivity index (χ3n) is 4.68. The fourth-order valence-electron chi connectivity index (χ4n) is 3.42. The number of para-hydroxylation sites is 1. The average Bonchev–Trinajstić information content (AvgIpc) is 3.34. The predicted molar refractivity (Wildman–Crippen MR) is 99.7 cm³/mol. The molecule has 0 aromatic heterocycles. The van der Waals surface area contributed by atoms with Crippen LogP contribution in [0.2, 0.25) is 0 Å². The van der Waals surface area contributed by atoms with Crippen LogP contribution in [0.3, 0.4) is 0 Å². The molecule has 0 heterocycles. The van der Waals surface area contributed by atoms with E-state index >= 15 is 0 Å². The molecule has 1 N–H and O–H groups in total. The van der Waals surface area contributed by atoms with Crippen LogP contribution in [0.1, 0.15) is 23.5 Å². The van der Waals surface area contributed by atoms with Crippen molar-refractivity contribution in [2.24, 2.45) is 0 Å². The molecule has 0 amide bonds. The van der Waals surface area contributed by atoms with Crippen molar-refractivity contribution in [3.8, 4) is 0 Å². The van der Waals surface area contributed by atoms with Gasteiger partial charge in [0, 0.05) is 16.1 Å². The second-order valence-electron chi connectivity index (χ2n) is 6.11. The zero-order valence-electron chi connectivity index (χ0n) is 12.7. The lowest BCUT2D eigenvalue weighted by molar-refractivity contribution is 0.767. The summed E-state index contributed by atoms with van der Waals surface area (Å²) in [4.78, 5) is 0. The Kier molecular flexibility index (Phi) is 3.70. The molecule has 3 aromatic carbocycles. The number of hydrogen-bond acceptors (Lipinski definition) is 1. The molecule has 1 fully saturated rings. The Morgan fingerprint density at radius 1 is 0.783 bits per heavy atom. The van der Waals surface area contributed by atoms with Gasteiger partial charge in [-0.2, -0.15) is 0 Å². The molecule has 0 saturated heterocycles. The molecule has 1 aliphatic carbocycles. The first kappa shape index (κ1) is 14.5. The highest BCUT2D eigenvalue weighted by atomic mass is 79.9. The first-order valence-electron chi connectivity index (χ1n) is 7.93. The Bertz CT molecular complexity index is 800. The van der Waals surface area contributed by atoms with Crippen molar-refractivity contribution in [1.29, 1.82) is 0 Å². The van der Waals surface area contributed by atoms with Gasteiger partial charge >= 0.3 is 0 Å². The van der Waals surface area contributed by atoms with E-state index in [1.807, 2.05) is 6.07 Å². The van der Waals surface area contributed by atoms with Crippen molar-refractivity contribution in [3.63, 3.8) is 0 Å². The molecule has 0 aliphatic heterocycles. The van der Waals surface area contributed by atoms with E-state index in [1.54, 1.807) is 0 Å². The van der Waals surface area contributed by atoms with Crippen molar-refractivity contribution >= 4 is 21.6 Å². The van der Waals surface area contributed by atoms with E-state index < -0.39 is 0 Å². The number of rotatable bonds is 4. The molecule has 1 nitrogen and oxygen atoms in total. The van der Waals surface area contributed by atoms with Crippen LogP contribution >= 0.6 is 15.9 Å².